The van der Waals surface area contributed by atoms with Crippen LogP contribution >= 0.6 is 0 Å². The van der Waals surface area contributed by atoms with Crippen LogP contribution in [0, 0.1) is 12.7 Å². The number of benzene rings is 1. The molecule has 4 aromatic rings. The van der Waals surface area contributed by atoms with Gasteiger partial charge in [-0.1, -0.05) is 6.07 Å². The van der Waals surface area contributed by atoms with Crippen LogP contribution < -0.4 is 15.4 Å². The molecule has 3 N–H and O–H groups in total. The van der Waals surface area contributed by atoms with Crippen molar-refractivity contribution >= 4 is 11.8 Å². The van der Waals surface area contributed by atoms with Crippen LogP contribution in [0.1, 0.15) is 17.8 Å². The SMILES string of the molecule is Cc1cc(-c2c(OC[C@@H](CO)N(C)c3ccccn3)nc(N)nc2-c2ccc(F)cc2)cc(C(F)F)n1. The lowest BCUT2D eigenvalue weighted by Crippen LogP contribution is -2.40. The van der Waals surface area contributed by atoms with Gasteiger partial charge in [-0.25, -0.2) is 23.1 Å². The van der Waals surface area contributed by atoms with Crippen molar-refractivity contribution in [1.29, 1.82) is 0 Å². The fourth-order valence-electron chi connectivity index (χ4n) is 3.80. The number of aryl methyl sites for hydroxylation is 1. The first-order valence-electron chi connectivity index (χ1n) is 11.3. The van der Waals surface area contributed by atoms with Crippen LogP contribution in [0.25, 0.3) is 22.4 Å². The van der Waals surface area contributed by atoms with Gasteiger partial charge in [0.15, 0.2) is 0 Å². The summed E-state index contributed by atoms with van der Waals surface area (Å²) in [6.45, 7) is 1.29. The lowest BCUT2D eigenvalue weighted by Gasteiger charge is -2.27. The lowest BCUT2D eigenvalue weighted by molar-refractivity contribution is 0.146. The van der Waals surface area contributed by atoms with Gasteiger partial charge < -0.3 is 20.5 Å². The molecule has 11 heteroatoms. The van der Waals surface area contributed by atoms with E-state index in [1.54, 1.807) is 43.3 Å². The number of aromatic nitrogens is 4. The van der Waals surface area contributed by atoms with Crippen LogP contribution in [0.2, 0.25) is 0 Å². The minimum absolute atomic E-state index is 0.0190. The number of likely N-dealkylation sites (N-methyl/N-ethyl adjacent to an activating group) is 1. The first-order chi connectivity index (χ1) is 17.8. The average Bonchev–Trinajstić information content (AvgIpc) is 2.89. The molecular formula is C26H25F3N6O2. The molecule has 0 aliphatic carbocycles. The molecule has 3 aromatic heterocycles. The van der Waals surface area contributed by atoms with Crippen LogP contribution in [0.4, 0.5) is 24.9 Å². The molecule has 1 atom stereocenters. The number of hydrogen-bond donors (Lipinski definition) is 2. The van der Waals surface area contributed by atoms with E-state index in [1.165, 1.54) is 30.3 Å². The van der Waals surface area contributed by atoms with Crippen LogP contribution in [0.15, 0.2) is 60.8 Å². The first kappa shape index (κ1) is 25.8. The number of anilines is 2. The van der Waals surface area contributed by atoms with Crippen LogP contribution in [-0.2, 0) is 0 Å². The number of nitrogens with zero attached hydrogens (tertiary/aromatic N) is 5. The predicted molar refractivity (Wildman–Crippen MR) is 134 cm³/mol. The maximum Gasteiger partial charge on any atom is 0.280 e. The Bertz CT molecular complexity index is 1360. The molecule has 0 saturated carbocycles. The van der Waals surface area contributed by atoms with Crippen molar-refractivity contribution in [3.63, 3.8) is 0 Å². The Morgan fingerprint density at radius 1 is 1.03 bits per heavy atom. The Balaban J connectivity index is 1.81. The zero-order chi connectivity index (χ0) is 26.5. The largest absolute Gasteiger partial charge is 0.475 e. The summed E-state index contributed by atoms with van der Waals surface area (Å²) in [7, 11) is 1.76. The summed E-state index contributed by atoms with van der Waals surface area (Å²) < 4.78 is 46.9. The fourth-order valence-corrected chi connectivity index (χ4v) is 3.80. The van der Waals surface area contributed by atoms with Gasteiger partial charge in [0.1, 0.15) is 23.9 Å². The molecular weight excluding hydrogens is 485 g/mol. The summed E-state index contributed by atoms with van der Waals surface area (Å²) in [4.78, 5) is 18.5. The van der Waals surface area contributed by atoms with E-state index in [0.29, 0.717) is 22.6 Å². The second kappa shape index (κ2) is 11.2. The van der Waals surface area contributed by atoms with Crippen molar-refractivity contribution < 1.29 is 23.0 Å². The summed E-state index contributed by atoms with van der Waals surface area (Å²) in [6.07, 6.45) is -1.18. The maximum atomic E-state index is 13.6. The number of rotatable bonds is 9. The van der Waals surface area contributed by atoms with E-state index in [9.17, 15) is 18.3 Å². The molecule has 0 spiro atoms. The highest BCUT2D eigenvalue weighted by Crippen LogP contribution is 2.39. The van der Waals surface area contributed by atoms with Crippen molar-refractivity contribution in [2.75, 3.05) is 30.9 Å². The number of hydrogen-bond acceptors (Lipinski definition) is 8. The smallest absolute Gasteiger partial charge is 0.280 e. The van der Waals surface area contributed by atoms with Crippen LogP contribution in [0.5, 0.6) is 5.88 Å². The quantitative estimate of drug-likeness (QED) is 0.340. The van der Waals surface area contributed by atoms with Crippen molar-refractivity contribution in [2.24, 2.45) is 0 Å². The Morgan fingerprint density at radius 3 is 2.43 bits per heavy atom. The highest BCUT2D eigenvalue weighted by atomic mass is 19.3. The number of alkyl halides is 2. The van der Waals surface area contributed by atoms with Crippen molar-refractivity contribution in [1.82, 2.24) is 19.9 Å². The fraction of sp³-hybridized carbons (Fsp3) is 0.231. The van der Waals surface area contributed by atoms with E-state index in [0.717, 1.165) is 0 Å². The highest BCUT2D eigenvalue weighted by molar-refractivity contribution is 5.85. The monoisotopic (exact) mass is 510 g/mol. The Hall–Kier alpha value is -4.25. The second-order valence-electron chi connectivity index (χ2n) is 8.29. The van der Waals surface area contributed by atoms with E-state index in [4.69, 9.17) is 10.5 Å². The Labute approximate surface area is 211 Å². The third-order valence-electron chi connectivity index (χ3n) is 5.68. The molecule has 0 radical (unpaired) electrons. The van der Waals surface area contributed by atoms with Gasteiger partial charge in [0, 0.05) is 24.5 Å². The van der Waals surface area contributed by atoms with Gasteiger partial charge in [-0.05, 0) is 61.0 Å². The molecule has 0 fully saturated rings. The molecule has 3 heterocycles. The van der Waals surface area contributed by atoms with E-state index >= 15 is 0 Å². The molecule has 8 nitrogen and oxygen atoms in total. The van der Waals surface area contributed by atoms with Gasteiger partial charge in [-0.2, -0.15) is 4.98 Å². The molecule has 0 aliphatic heterocycles. The third-order valence-corrected chi connectivity index (χ3v) is 5.68. The second-order valence-corrected chi connectivity index (χ2v) is 8.29. The number of halogens is 3. The number of ether oxygens (including phenoxy) is 1. The molecule has 0 bridgehead atoms. The summed E-state index contributed by atoms with van der Waals surface area (Å²) in [5, 5.41) is 10.0. The lowest BCUT2D eigenvalue weighted by atomic mass is 9.99. The predicted octanol–water partition coefficient (Wildman–Crippen LogP) is 4.44. The number of aliphatic hydroxyl groups excluding tert-OH is 1. The number of pyridine rings is 2. The van der Waals surface area contributed by atoms with Gasteiger partial charge in [0.25, 0.3) is 6.43 Å². The molecule has 1 aromatic carbocycles. The van der Waals surface area contributed by atoms with Crippen molar-refractivity contribution in [2.45, 2.75) is 19.4 Å². The van der Waals surface area contributed by atoms with Gasteiger partial charge >= 0.3 is 0 Å². The van der Waals surface area contributed by atoms with Gasteiger partial charge in [-0.3, -0.25) is 4.98 Å². The van der Waals surface area contributed by atoms with E-state index in [-0.39, 0.29) is 36.3 Å². The minimum Gasteiger partial charge on any atom is -0.475 e. The highest BCUT2D eigenvalue weighted by Gasteiger charge is 2.23. The molecule has 0 unspecified atom stereocenters. The third kappa shape index (κ3) is 5.95. The topological polar surface area (TPSA) is 110 Å². The number of nitrogens with two attached hydrogens (primary N) is 1. The van der Waals surface area contributed by atoms with Gasteiger partial charge in [0.05, 0.1) is 23.9 Å². The summed E-state index contributed by atoms with van der Waals surface area (Å²) in [5.74, 6) is 0.0554. The molecule has 37 heavy (non-hydrogen) atoms. The summed E-state index contributed by atoms with van der Waals surface area (Å²) in [5.41, 5.74) is 7.28. The van der Waals surface area contributed by atoms with E-state index in [2.05, 4.69) is 19.9 Å². The van der Waals surface area contributed by atoms with Crippen LogP contribution in [0.3, 0.4) is 0 Å². The standard InChI is InChI=1S/C26H25F3N6O2/c1-15-11-17(12-20(32-15)24(28)29)22-23(16-6-8-18(27)9-7-16)33-26(30)34-25(22)37-14-19(13-36)35(2)21-5-3-4-10-31-21/h3-12,19,24,36H,13-14H2,1-2H3,(H2,30,33,34)/t19-/m1/s1. The van der Waals surface area contributed by atoms with Crippen LogP contribution in [-0.4, -0.2) is 51.3 Å². The van der Waals surface area contributed by atoms with E-state index < -0.39 is 24.0 Å². The molecule has 0 amide bonds. The summed E-state index contributed by atoms with van der Waals surface area (Å²) >= 11 is 0. The molecule has 4 rings (SSSR count). The number of nitrogen functional groups attached to an aromatic ring is 1. The zero-order valence-electron chi connectivity index (χ0n) is 20.1. The summed E-state index contributed by atoms with van der Waals surface area (Å²) in [6, 6.07) is 13.2. The van der Waals surface area contributed by atoms with Crippen molar-refractivity contribution in [3.05, 3.63) is 78.0 Å². The molecule has 0 aliphatic rings. The van der Waals surface area contributed by atoms with E-state index in [1.807, 2.05) is 6.07 Å². The van der Waals surface area contributed by atoms with Gasteiger partial charge in [-0.15, -0.1) is 0 Å². The number of aliphatic hydroxyl groups is 1. The molecule has 0 saturated heterocycles. The Kier molecular flexibility index (Phi) is 7.83. The zero-order valence-corrected chi connectivity index (χ0v) is 20.1. The minimum atomic E-state index is -2.81. The average molecular weight is 511 g/mol. The molecule has 192 valence electrons. The van der Waals surface area contributed by atoms with Crippen molar-refractivity contribution in [3.8, 4) is 28.3 Å². The Morgan fingerprint density at radius 2 is 1.78 bits per heavy atom. The maximum absolute atomic E-state index is 13.6. The first-order valence-corrected chi connectivity index (χ1v) is 11.3. The van der Waals surface area contributed by atoms with Gasteiger partial charge in [0.2, 0.25) is 11.8 Å². The normalized spacial score (nSPS) is 12.0.